The van der Waals surface area contributed by atoms with Gasteiger partial charge in [-0.2, -0.15) is 0 Å². The first-order chi connectivity index (χ1) is 30.0. The third-order valence-electron chi connectivity index (χ3n) is 11.0. The first-order valence-electron chi connectivity index (χ1n) is 25.8. The number of carbonyl (C=O) groups is 3. The zero-order chi connectivity index (χ0) is 44.4. The number of allylic oxidation sites excluding steroid dienone is 10. The van der Waals surface area contributed by atoms with E-state index in [-0.39, 0.29) is 31.1 Å². The Morgan fingerprint density at radius 2 is 0.689 bits per heavy atom. The number of rotatable bonds is 46. The molecule has 0 rings (SSSR count). The molecule has 0 spiro atoms. The average molecular weight is 853 g/mol. The van der Waals surface area contributed by atoms with Gasteiger partial charge in [-0.3, -0.25) is 14.4 Å². The normalized spacial score (nSPS) is 12.5. The minimum Gasteiger partial charge on any atom is -0.462 e. The van der Waals surface area contributed by atoms with E-state index in [2.05, 4.69) is 81.5 Å². The molecule has 1 unspecified atom stereocenters. The van der Waals surface area contributed by atoms with Crippen LogP contribution in [0.4, 0.5) is 0 Å². The highest BCUT2D eigenvalue weighted by Gasteiger charge is 2.19. The van der Waals surface area contributed by atoms with E-state index in [0.29, 0.717) is 19.3 Å². The van der Waals surface area contributed by atoms with Crippen LogP contribution < -0.4 is 0 Å². The van der Waals surface area contributed by atoms with Gasteiger partial charge in [-0.1, -0.05) is 197 Å². The van der Waals surface area contributed by atoms with Gasteiger partial charge in [0.2, 0.25) is 0 Å². The highest BCUT2D eigenvalue weighted by Crippen LogP contribution is 2.14. The number of hydrogen-bond acceptors (Lipinski definition) is 6. The molecule has 0 bridgehead atoms. The lowest BCUT2D eigenvalue weighted by Gasteiger charge is -2.18. The van der Waals surface area contributed by atoms with Crippen LogP contribution in [-0.2, 0) is 28.6 Å². The van der Waals surface area contributed by atoms with Gasteiger partial charge < -0.3 is 14.2 Å². The molecule has 0 aromatic carbocycles. The van der Waals surface area contributed by atoms with Crippen molar-refractivity contribution in [2.75, 3.05) is 13.2 Å². The first-order valence-corrected chi connectivity index (χ1v) is 25.8. The highest BCUT2D eigenvalue weighted by molar-refractivity contribution is 5.71. The van der Waals surface area contributed by atoms with Crippen LogP contribution in [0.2, 0.25) is 0 Å². The summed E-state index contributed by atoms with van der Waals surface area (Å²) in [6.45, 7) is 6.47. The number of hydrogen-bond donors (Lipinski definition) is 0. The van der Waals surface area contributed by atoms with Crippen LogP contribution in [0.1, 0.15) is 252 Å². The molecule has 0 aromatic heterocycles. The van der Waals surface area contributed by atoms with Crippen LogP contribution in [0.15, 0.2) is 60.8 Å². The number of esters is 3. The minimum atomic E-state index is -0.788. The third kappa shape index (κ3) is 48.0. The second kappa shape index (κ2) is 49.8. The molecule has 0 aliphatic carbocycles. The molecule has 352 valence electrons. The quantitative estimate of drug-likeness (QED) is 0.0200. The molecule has 0 saturated heterocycles. The van der Waals surface area contributed by atoms with E-state index in [1.165, 1.54) is 103 Å². The molecule has 0 aromatic rings. The topological polar surface area (TPSA) is 78.9 Å². The lowest BCUT2D eigenvalue weighted by atomic mass is 10.1. The van der Waals surface area contributed by atoms with Crippen molar-refractivity contribution in [1.82, 2.24) is 0 Å². The Balaban J connectivity index is 4.41. The van der Waals surface area contributed by atoms with Crippen molar-refractivity contribution < 1.29 is 28.6 Å². The van der Waals surface area contributed by atoms with Crippen molar-refractivity contribution in [2.24, 2.45) is 0 Å². The van der Waals surface area contributed by atoms with Gasteiger partial charge >= 0.3 is 17.9 Å². The van der Waals surface area contributed by atoms with Gasteiger partial charge in [0.05, 0.1) is 0 Å². The highest BCUT2D eigenvalue weighted by atomic mass is 16.6. The smallest absolute Gasteiger partial charge is 0.306 e. The summed E-state index contributed by atoms with van der Waals surface area (Å²) in [6.07, 6.45) is 60.6. The molecule has 0 amide bonds. The monoisotopic (exact) mass is 853 g/mol. The predicted octanol–water partition coefficient (Wildman–Crippen LogP) is 16.9. The zero-order valence-corrected chi connectivity index (χ0v) is 40.2. The SMILES string of the molecule is CC/C=C\C/C=C\CCCCCCCC(=O)OCC(COC(=O)CCCCCCC/C=C\CCCCCCCCC)OC(=O)CCCCCCCC/C=C\C=C/CCCCC. The summed E-state index contributed by atoms with van der Waals surface area (Å²) in [5, 5.41) is 0. The van der Waals surface area contributed by atoms with Crippen molar-refractivity contribution in [3.63, 3.8) is 0 Å². The largest absolute Gasteiger partial charge is 0.462 e. The molecule has 1 atom stereocenters. The fourth-order valence-electron chi connectivity index (χ4n) is 7.11. The zero-order valence-electron chi connectivity index (χ0n) is 40.2. The molecule has 0 fully saturated rings. The molecule has 0 N–H and O–H groups in total. The summed E-state index contributed by atoms with van der Waals surface area (Å²) in [5.41, 5.74) is 0. The maximum atomic E-state index is 12.8. The molecule has 0 aliphatic heterocycles. The Bertz CT molecular complexity index is 1120. The van der Waals surface area contributed by atoms with E-state index in [4.69, 9.17) is 14.2 Å². The van der Waals surface area contributed by atoms with Gasteiger partial charge in [-0.05, 0) is 96.3 Å². The van der Waals surface area contributed by atoms with Crippen LogP contribution in [0.25, 0.3) is 0 Å². The van der Waals surface area contributed by atoms with E-state index >= 15 is 0 Å². The van der Waals surface area contributed by atoms with Crippen LogP contribution in [0, 0.1) is 0 Å². The second-order valence-corrected chi connectivity index (χ2v) is 17.1. The van der Waals surface area contributed by atoms with Gasteiger partial charge in [0.15, 0.2) is 6.10 Å². The predicted molar refractivity (Wildman–Crippen MR) is 261 cm³/mol. The molecule has 6 nitrogen and oxygen atoms in total. The molecular weight excluding hydrogens is 757 g/mol. The number of ether oxygens (including phenoxy) is 3. The van der Waals surface area contributed by atoms with Gasteiger partial charge in [0, 0.05) is 19.3 Å². The van der Waals surface area contributed by atoms with Gasteiger partial charge in [0.1, 0.15) is 13.2 Å². The second-order valence-electron chi connectivity index (χ2n) is 17.1. The molecule has 0 heterocycles. The average Bonchev–Trinajstić information content (AvgIpc) is 3.26. The Kier molecular flexibility index (Phi) is 47.4. The molecular formula is C55H96O6. The number of unbranched alkanes of at least 4 members (excludes halogenated alkanes) is 26. The van der Waals surface area contributed by atoms with Crippen molar-refractivity contribution >= 4 is 17.9 Å². The van der Waals surface area contributed by atoms with Crippen LogP contribution in [-0.4, -0.2) is 37.2 Å². The summed E-state index contributed by atoms with van der Waals surface area (Å²) in [4.78, 5) is 37.9. The van der Waals surface area contributed by atoms with Crippen LogP contribution >= 0.6 is 0 Å². The van der Waals surface area contributed by atoms with Crippen molar-refractivity contribution in [1.29, 1.82) is 0 Å². The summed E-state index contributed by atoms with van der Waals surface area (Å²) in [6, 6.07) is 0. The minimum absolute atomic E-state index is 0.0878. The van der Waals surface area contributed by atoms with Crippen LogP contribution in [0.3, 0.4) is 0 Å². The molecule has 0 aliphatic rings. The van der Waals surface area contributed by atoms with E-state index in [1.54, 1.807) is 0 Å². The first kappa shape index (κ1) is 58.1. The Morgan fingerprint density at radius 1 is 0.361 bits per heavy atom. The maximum absolute atomic E-state index is 12.8. The Labute approximate surface area is 377 Å². The summed E-state index contributed by atoms with van der Waals surface area (Å²) in [5.74, 6) is -0.919. The Hall–Kier alpha value is -2.89. The maximum Gasteiger partial charge on any atom is 0.306 e. The standard InChI is InChI=1S/C55H96O6/c1-4-7-10-13-16-19-22-25-27-29-30-33-36-39-42-45-48-54(57)60-51-52(50-59-53(56)47-44-41-38-35-32-24-21-18-15-12-9-6-3)61-55(58)49-46-43-40-37-34-31-28-26-23-20-17-14-11-8-5-2/h9,12,17-18,20-21,23,26-27,29,52H,4-8,10-11,13-16,19,22,24-25,28,30-51H2,1-3H3/b12-9-,20-17-,21-18-,26-23-,29-27-. The van der Waals surface area contributed by atoms with Crippen molar-refractivity contribution in [3.05, 3.63) is 60.8 Å². The van der Waals surface area contributed by atoms with E-state index < -0.39 is 6.10 Å². The van der Waals surface area contributed by atoms with E-state index in [0.717, 1.165) is 109 Å². The molecule has 6 heteroatoms. The van der Waals surface area contributed by atoms with Gasteiger partial charge in [-0.15, -0.1) is 0 Å². The molecule has 0 saturated carbocycles. The van der Waals surface area contributed by atoms with E-state index in [1.807, 2.05) is 0 Å². The van der Waals surface area contributed by atoms with E-state index in [9.17, 15) is 14.4 Å². The summed E-state index contributed by atoms with van der Waals surface area (Å²) < 4.78 is 16.8. The van der Waals surface area contributed by atoms with Gasteiger partial charge in [0.25, 0.3) is 0 Å². The van der Waals surface area contributed by atoms with Gasteiger partial charge in [-0.25, -0.2) is 0 Å². The van der Waals surface area contributed by atoms with Crippen molar-refractivity contribution in [2.45, 2.75) is 258 Å². The summed E-state index contributed by atoms with van der Waals surface area (Å²) in [7, 11) is 0. The molecule has 61 heavy (non-hydrogen) atoms. The lowest BCUT2D eigenvalue weighted by Crippen LogP contribution is -2.30. The lowest BCUT2D eigenvalue weighted by molar-refractivity contribution is -0.167. The summed E-state index contributed by atoms with van der Waals surface area (Å²) >= 11 is 0. The van der Waals surface area contributed by atoms with Crippen LogP contribution in [0.5, 0.6) is 0 Å². The fraction of sp³-hybridized carbons (Fsp3) is 0.764. The Morgan fingerprint density at radius 3 is 1.13 bits per heavy atom. The number of carbonyl (C=O) groups excluding carboxylic acids is 3. The third-order valence-corrected chi connectivity index (χ3v) is 11.0. The fourth-order valence-corrected chi connectivity index (χ4v) is 7.11. The van der Waals surface area contributed by atoms with Crippen molar-refractivity contribution in [3.8, 4) is 0 Å². The molecule has 0 radical (unpaired) electrons.